The molecule has 0 unspecified atom stereocenters. The van der Waals surface area contributed by atoms with Crippen LogP contribution in [0, 0.1) is 0 Å². The smallest absolute Gasteiger partial charge is 0.481 e. The van der Waals surface area contributed by atoms with Gasteiger partial charge in [0.05, 0.1) is 17.7 Å². The highest BCUT2D eigenvalue weighted by Crippen LogP contribution is 2.28. The first-order valence-corrected chi connectivity index (χ1v) is 11.8. The number of nitrogens with zero attached hydrogens (tertiary/aromatic N) is 1. The van der Waals surface area contributed by atoms with E-state index in [1.54, 1.807) is 12.1 Å². The van der Waals surface area contributed by atoms with Crippen molar-refractivity contribution in [3.63, 3.8) is 0 Å². The molecule has 3 aromatic rings. The maximum atomic E-state index is 12.6. The van der Waals surface area contributed by atoms with Crippen LogP contribution in [0.1, 0.15) is 22.3 Å². The molecule has 0 heterocycles. The molecule has 0 aliphatic rings. The van der Waals surface area contributed by atoms with Crippen LogP contribution in [0.25, 0.3) is 5.57 Å². The second-order valence-electron chi connectivity index (χ2n) is 7.76. The second-order valence-corrected chi connectivity index (χ2v) is 8.63. The van der Waals surface area contributed by atoms with Gasteiger partial charge in [-0.1, -0.05) is 35.3 Å². The van der Waals surface area contributed by atoms with Crippen molar-refractivity contribution < 1.29 is 37.3 Å². The molecule has 4 N–H and O–H groups in total. The first-order chi connectivity index (χ1) is 18.4. The maximum absolute atomic E-state index is 12.6. The molecule has 13 heteroatoms. The van der Waals surface area contributed by atoms with Crippen LogP contribution in [0.15, 0.2) is 77.6 Å². The number of carboxylic acid groups (broad SMARTS) is 1. The van der Waals surface area contributed by atoms with Crippen molar-refractivity contribution in [3.8, 4) is 11.5 Å². The minimum absolute atomic E-state index is 0.0323. The minimum atomic E-state index is -4.85. The fourth-order valence-corrected chi connectivity index (χ4v) is 3.63. The molecule has 0 aliphatic heterocycles. The molecular weight excluding hydrogens is 562 g/mol. The third-order valence-electron chi connectivity index (χ3n) is 4.82. The number of carbonyl (C=O) groups excluding carboxylic acids is 1. The summed E-state index contributed by atoms with van der Waals surface area (Å²) in [5.41, 5.74) is 7.41. The standard InChI is InChI=1S/C26H20Cl2F3N3O5/c27-17-11-18(28)13-19(12-17)34-14-22(15-1-7-21(8-2-15)39-26(29,30)31)24(32)38-20-5-3-16(4-6-20)25(37)33-10-9-23(35)36/h1-8,11-14H,9-10,32H2,(H,33,37)(H,35,36). The predicted molar refractivity (Wildman–Crippen MR) is 141 cm³/mol. The molecule has 0 atom stereocenters. The molecule has 0 aliphatic carbocycles. The molecule has 3 rings (SSSR count). The molecule has 1 amide bonds. The van der Waals surface area contributed by atoms with Gasteiger partial charge in [0.1, 0.15) is 11.5 Å². The van der Waals surface area contributed by atoms with Crippen molar-refractivity contribution in [2.24, 2.45) is 10.7 Å². The lowest BCUT2D eigenvalue weighted by Crippen LogP contribution is -2.25. The van der Waals surface area contributed by atoms with Crippen molar-refractivity contribution >= 4 is 52.6 Å². The van der Waals surface area contributed by atoms with Crippen LogP contribution >= 0.6 is 23.2 Å². The van der Waals surface area contributed by atoms with Gasteiger partial charge >= 0.3 is 12.3 Å². The number of amides is 1. The monoisotopic (exact) mass is 581 g/mol. The average molecular weight is 582 g/mol. The van der Waals surface area contributed by atoms with E-state index in [2.05, 4.69) is 15.0 Å². The number of benzene rings is 3. The number of alkyl halides is 3. The number of hydrogen-bond donors (Lipinski definition) is 3. The van der Waals surface area contributed by atoms with E-state index in [4.69, 9.17) is 38.8 Å². The van der Waals surface area contributed by atoms with Gasteiger partial charge in [-0.15, -0.1) is 13.2 Å². The van der Waals surface area contributed by atoms with Crippen LogP contribution < -0.4 is 20.5 Å². The number of carboxylic acids is 1. The van der Waals surface area contributed by atoms with Crippen molar-refractivity contribution in [1.29, 1.82) is 0 Å². The number of allylic oxidation sites excluding steroid dienone is 1. The average Bonchev–Trinajstić information content (AvgIpc) is 2.84. The van der Waals surface area contributed by atoms with Crippen LogP contribution in [-0.2, 0) is 4.79 Å². The molecule has 0 radical (unpaired) electrons. The summed E-state index contributed by atoms with van der Waals surface area (Å²) in [6.07, 6.45) is -3.74. The van der Waals surface area contributed by atoms with Crippen molar-refractivity contribution in [2.75, 3.05) is 6.54 Å². The number of aliphatic carboxylic acids is 1. The van der Waals surface area contributed by atoms with E-state index in [1.807, 2.05) is 0 Å². The molecule has 0 saturated heterocycles. The minimum Gasteiger partial charge on any atom is -0.481 e. The van der Waals surface area contributed by atoms with Crippen LogP contribution in [0.3, 0.4) is 0 Å². The summed E-state index contributed by atoms with van der Waals surface area (Å²) in [4.78, 5) is 27.0. The Morgan fingerprint density at radius 1 is 0.949 bits per heavy atom. The highest BCUT2D eigenvalue weighted by Gasteiger charge is 2.31. The largest absolute Gasteiger partial charge is 0.573 e. The predicted octanol–water partition coefficient (Wildman–Crippen LogP) is 6.21. The molecule has 0 aromatic heterocycles. The summed E-state index contributed by atoms with van der Waals surface area (Å²) in [5.74, 6) is -1.86. The lowest BCUT2D eigenvalue weighted by molar-refractivity contribution is -0.274. The van der Waals surface area contributed by atoms with E-state index in [0.717, 1.165) is 12.1 Å². The van der Waals surface area contributed by atoms with Gasteiger partial charge in [0.25, 0.3) is 5.91 Å². The Labute approximate surface area is 230 Å². The molecular formula is C26H20Cl2F3N3O5. The van der Waals surface area contributed by atoms with Gasteiger partial charge in [0, 0.05) is 28.4 Å². The molecule has 8 nitrogen and oxygen atoms in total. The van der Waals surface area contributed by atoms with Gasteiger partial charge in [-0.05, 0) is 60.2 Å². The fraction of sp³-hybridized carbons (Fsp3) is 0.115. The quantitative estimate of drug-likeness (QED) is 0.193. The van der Waals surface area contributed by atoms with Gasteiger partial charge in [0.2, 0.25) is 0 Å². The molecule has 0 fully saturated rings. The summed E-state index contributed by atoms with van der Waals surface area (Å²) in [7, 11) is 0. The Balaban J connectivity index is 1.88. The number of nitrogens with one attached hydrogen (secondary N) is 1. The molecule has 39 heavy (non-hydrogen) atoms. The van der Waals surface area contributed by atoms with E-state index >= 15 is 0 Å². The highest BCUT2D eigenvalue weighted by atomic mass is 35.5. The molecule has 0 saturated carbocycles. The fourth-order valence-electron chi connectivity index (χ4n) is 3.11. The zero-order valence-corrected chi connectivity index (χ0v) is 21.3. The Morgan fingerprint density at radius 3 is 2.08 bits per heavy atom. The normalized spacial score (nSPS) is 12.1. The first-order valence-electron chi connectivity index (χ1n) is 11.0. The van der Waals surface area contributed by atoms with Crippen LogP contribution in [0.4, 0.5) is 18.9 Å². The maximum Gasteiger partial charge on any atom is 0.573 e. The van der Waals surface area contributed by atoms with E-state index in [1.165, 1.54) is 48.7 Å². The first kappa shape index (κ1) is 29.3. The number of nitrogens with two attached hydrogens (primary N) is 1. The second kappa shape index (κ2) is 13.0. The summed E-state index contributed by atoms with van der Waals surface area (Å²) in [6, 6.07) is 15.3. The van der Waals surface area contributed by atoms with Crippen molar-refractivity contribution in [1.82, 2.24) is 5.32 Å². The zero-order chi connectivity index (χ0) is 28.6. The number of aliphatic imine (C=N–C) groups is 1. The number of carbonyl (C=O) groups is 2. The Hall–Kier alpha value is -4.22. The van der Waals surface area contributed by atoms with Gasteiger partial charge < -0.3 is 25.6 Å². The molecule has 3 aromatic carbocycles. The van der Waals surface area contributed by atoms with E-state index in [-0.39, 0.29) is 35.7 Å². The Bertz CT molecular complexity index is 1370. The van der Waals surface area contributed by atoms with Crippen molar-refractivity contribution in [2.45, 2.75) is 12.8 Å². The summed E-state index contributed by atoms with van der Waals surface area (Å²) in [6.45, 7) is -0.0323. The van der Waals surface area contributed by atoms with E-state index in [9.17, 15) is 22.8 Å². The summed E-state index contributed by atoms with van der Waals surface area (Å²) >= 11 is 12.0. The molecule has 204 valence electrons. The topological polar surface area (TPSA) is 123 Å². The zero-order valence-electron chi connectivity index (χ0n) is 19.8. The van der Waals surface area contributed by atoms with E-state index < -0.39 is 24.0 Å². The number of rotatable bonds is 10. The van der Waals surface area contributed by atoms with Crippen molar-refractivity contribution in [3.05, 3.63) is 93.8 Å². The SMILES string of the molecule is NC(Oc1ccc(C(=O)NCCC(=O)O)cc1)=C(C=Nc1cc(Cl)cc(Cl)c1)c1ccc(OC(F)(F)F)cc1. The van der Waals surface area contributed by atoms with Gasteiger partial charge in [-0.2, -0.15) is 0 Å². The van der Waals surface area contributed by atoms with Crippen LogP contribution in [0.2, 0.25) is 10.0 Å². The lowest BCUT2D eigenvalue weighted by Gasteiger charge is -2.12. The number of halogens is 5. The lowest BCUT2D eigenvalue weighted by atomic mass is 10.1. The van der Waals surface area contributed by atoms with Gasteiger partial charge in [0.15, 0.2) is 5.88 Å². The van der Waals surface area contributed by atoms with Crippen LogP contribution in [0.5, 0.6) is 11.5 Å². The number of hydrogen-bond acceptors (Lipinski definition) is 6. The van der Waals surface area contributed by atoms with Gasteiger partial charge in [-0.3, -0.25) is 14.6 Å². The van der Waals surface area contributed by atoms with Gasteiger partial charge in [-0.25, -0.2) is 0 Å². The highest BCUT2D eigenvalue weighted by molar-refractivity contribution is 6.35. The van der Waals surface area contributed by atoms with Crippen LogP contribution in [-0.4, -0.2) is 36.1 Å². The molecule has 0 bridgehead atoms. The third-order valence-corrected chi connectivity index (χ3v) is 5.26. The summed E-state index contributed by atoms with van der Waals surface area (Å²) < 4.78 is 47.3. The Kier molecular flexibility index (Phi) is 9.80. The Morgan fingerprint density at radius 2 is 1.51 bits per heavy atom. The summed E-state index contributed by atoms with van der Waals surface area (Å²) in [5, 5.41) is 11.8. The van der Waals surface area contributed by atoms with E-state index in [0.29, 0.717) is 21.3 Å². The number of ether oxygens (including phenoxy) is 2. The molecule has 0 spiro atoms. The third kappa shape index (κ3) is 9.55.